The molecule has 2 nitrogen and oxygen atoms in total. The lowest BCUT2D eigenvalue weighted by molar-refractivity contribution is 0.101. The predicted molar refractivity (Wildman–Crippen MR) is 59.4 cm³/mol. The van der Waals surface area contributed by atoms with E-state index in [-0.39, 0.29) is 5.82 Å². The fourth-order valence-electron chi connectivity index (χ4n) is 1.33. The molecule has 0 saturated heterocycles. The normalized spacial score (nSPS) is 15.0. The Kier molecular flexibility index (Phi) is 4.08. The van der Waals surface area contributed by atoms with Gasteiger partial charge in [0.2, 0.25) is 0 Å². The van der Waals surface area contributed by atoms with Gasteiger partial charge < -0.3 is 10.5 Å². The van der Waals surface area contributed by atoms with Crippen LogP contribution in [0.2, 0.25) is 5.02 Å². The Morgan fingerprint density at radius 1 is 1.53 bits per heavy atom. The summed E-state index contributed by atoms with van der Waals surface area (Å²) in [6, 6.07) is 4.16. The Hall–Kier alpha value is -0.640. The average Bonchev–Trinajstić information content (AvgIpc) is 2.18. The van der Waals surface area contributed by atoms with Gasteiger partial charge in [0.1, 0.15) is 5.82 Å². The van der Waals surface area contributed by atoms with Crippen LogP contribution in [0.15, 0.2) is 18.2 Å². The first-order valence-corrected chi connectivity index (χ1v) is 5.17. The van der Waals surface area contributed by atoms with Crippen LogP contribution in [0.25, 0.3) is 0 Å². The van der Waals surface area contributed by atoms with E-state index in [9.17, 15) is 4.39 Å². The first-order chi connectivity index (χ1) is 6.97. The van der Waals surface area contributed by atoms with E-state index in [0.29, 0.717) is 23.8 Å². The lowest BCUT2D eigenvalue weighted by Crippen LogP contribution is -2.38. The topological polar surface area (TPSA) is 35.2 Å². The third kappa shape index (κ3) is 3.16. The van der Waals surface area contributed by atoms with Crippen LogP contribution in [0.1, 0.15) is 19.4 Å². The smallest absolute Gasteiger partial charge is 0.123 e. The zero-order valence-corrected chi connectivity index (χ0v) is 9.64. The van der Waals surface area contributed by atoms with E-state index >= 15 is 0 Å². The molecule has 0 fully saturated rings. The first-order valence-electron chi connectivity index (χ1n) is 4.79. The van der Waals surface area contributed by atoms with Gasteiger partial charge in [0.05, 0.1) is 12.1 Å². The monoisotopic (exact) mass is 231 g/mol. The molecular weight excluding hydrogens is 217 g/mol. The largest absolute Gasteiger partial charge is 0.379 e. The molecule has 0 aliphatic heterocycles. The summed E-state index contributed by atoms with van der Waals surface area (Å²) >= 11 is 5.96. The summed E-state index contributed by atoms with van der Waals surface area (Å²) in [6.45, 7) is 4.53. The van der Waals surface area contributed by atoms with Crippen LogP contribution in [-0.4, -0.2) is 13.2 Å². The van der Waals surface area contributed by atoms with Crippen molar-refractivity contribution in [2.24, 2.45) is 5.73 Å². The summed E-state index contributed by atoms with van der Waals surface area (Å²) in [4.78, 5) is 0. The van der Waals surface area contributed by atoms with Crippen molar-refractivity contribution < 1.29 is 9.13 Å². The maximum absolute atomic E-state index is 13.0. The average molecular weight is 232 g/mol. The second-order valence-corrected chi connectivity index (χ2v) is 4.09. The third-order valence-corrected chi connectivity index (χ3v) is 2.48. The Labute approximate surface area is 94.2 Å². The number of nitrogens with two attached hydrogens (primary N) is 1. The van der Waals surface area contributed by atoms with Crippen molar-refractivity contribution in [2.75, 3.05) is 13.2 Å². The SMILES string of the molecule is CCOCC(C)(N)c1cc(F)ccc1Cl. The molecule has 1 aromatic rings. The van der Waals surface area contributed by atoms with Crippen molar-refractivity contribution in [3.63, 3.8) is 0 Å². The van der Waals surface area contributed by atoms with Crippen molar-refractivity contribution in [1.29, 1.82) is 0 Å². The van der Waals surface area contributed by atoms with Crippen LogP contribution in [0.3, 0.4) is 0 Å². The van der Waals surface area contributed by atoms with E-state index in [0.717, 1.165) is 0 Å². The molecule has 1 unspecified atom stereocenters. The number of halogens is 2. The second-order valence-electron chi connectivity index (χ2n) is 3.68. The molecule has 0 aromatic heterocycles. The van der Waals surface area contributed by atoms with Crippen molar-refractivity contribution in [1.82, 2.24) is 0 Å². The van der Waals surface area contributed by atoms with Crippen LogP contribution >= 0.6 is 11.6 Å². The highest BCUT2D eigenvalue weighted by Gasteiger charge is 2.24. The molecule has 0 saturated carbocycles. The summed E-state index contributed by atoms with van der Waals surface area (Å²) in [6.07, 6.45) is 0. The van der Waals surface area contributed by atoms with Crippen LogP contribution < -0.4 is 5.73 Å². The van der Waals surface area contributed by atoms with Crippen molar-refractivity contribution >= 4 is 11.6 Å². The molecule has 0 heterocycles. The predicted octanol–water partition coefficient (Wildman–Crippen LogP) is 2.69. The first kappa shape index (κ1) is 12.4. The summed E-state index contributed by atoms with van der Waals surface area (Å²) in [7, 11) is 0. The number of ether oxygens (including phenoxy) is 1. The zero-order chi connectivity index (χ0) is 11.5. The Morgan fingerprint density at radius 3 is 2.80 bits per heavy atom. The molecule has 2 N–H and O–H groups in total. The molecule has 1 atom stereocenters. The zero-order valence-electron chi connectivity index (χ0n) is 8.89. The van der Waals surface area contributed by atoms with Gasteiger partial charge in [0.15, 0.2) is 0 Å². The van der Waals surface area contributed by atoms with Crippen molar-refractivity contribution in [2.45, 2.75) is 19.4 Å². The van der Waals surface area contributed by atoms with Gasteiger partial charge in [-0.2, -0.15) is 0 Å². The van der Waals surface area contributed by atoms with E-state index in [1.807, 2.05) is 6.92 Å². The summed E-state index contributed by atoms with van der Waals surface area (Å²) in [5, 5.41) is 0.459. The number of benzene rings is 1. The quantitative estimate of drug-likeness (QED) is 0.865. The number of rotatable bonds is 4. The van der Waals surface area contributed by atoms with E-state index in [4.69, 9.17) is 22.1 Å². The lowest BCUT2D eigenvalue weighted by Gasteiger charge is -2.25. The molecule has 0 aliphatic rings. The van der Waals surface area contributed by atoms with E-state index in [1.54, 1.807) is 6.92 Å². The Morgan fingerprint density at radius 2 is 2.20 bits per heavy atom. The molecule has 1 rings (SSSR count). The number of hydrogen-bond acceptors (Lipinski definition) is 2. The fraction of sp³-hybridized carbons (Fsp3) is 0.455. The van der Waals surface area contributed by atoms with Crippen molar-refractivity contribution in [3.05, 3.63) is 34.6 Å². The summed E-state index contributed by atoms with van der Waals surface area (Å²) in [5.41, 5.74) is 5.82. The molecule has 0 amide bonds. The van der Waals surface area contributed by atoms with Crippen LogP contribution in [0.4, 0.5) is 4.39 Å². The van der Waals surface area contributed by atoms with E-state index < -0.39 is 5.54 Å². The molecule has 84 valence electrons. The van der Waals surface area contributed by atoms with Gasteiger partial charge in [-0.15, -0.1) is 0 Å². The molecular formula is C11H15ClFNO. The molecule has 0 bridgehead atoms. The van der Waals surface area contributed by atoms with Crippen molar-refractivity contribution in [3.8, 4) is 0 Å². The Balaban J connectivity index is 2.97. The van der Waals surface area contributed by atoms with Gasteiger partial charge in [-0.1, -0.05) is 11.6 Å². The fourth-order valence-corrected chi connectivity index (χ4v) is 1.66. The lowest BCUT2D eigenvalue weighted by atomic mass is 9.94. The Bertz CT molecular complexity index is 341. The van der Waals surface area contributed by atoms with Gasteiger partial charge in [-0.25, -0.2) is 4.39 Å². The second kappa shape index (κ2) is 4.92. The summed E-state index contributed by atoms with van der Waals surface area (Å²) < 4.78 is 18.3. The summed E-state index contributed by atoms with van der Waals surface area (Å²) in [5.74, 6) is -0.345. The third-order valence-electron chi connectivity index (χ3n) is 2.15. The molecule has 1 aromatic carbocycles. The van der Waals surface area contributed by atoms with Crippen LogP contribution in [0, 0.1) is 5.82 Å². The maximum Gasteiger partial charge on any atom is 0.123 e. The van der Waals surface area contributed by atoms with E-state index in [2.05, 4.69) is 0 Å². The van der Waals surface area contributed by atoms with Gasteiger partial charge in [-0.3, -0.25) is 0 Å². The van der Waals surface area contributed by atoms with Crippen LogP contribution in [0.5, 0.6) is 0 Å². The van der Waals surface area contributed by atoms with Crippen LogP contribution in [-0.2, 0) is 10.3 Å². The molecule has 0 aliphatic carbocycles. The molecule has 0 radical (unpaired) electrons. The molecule has 0 spiro atoms. The van der Waals surface area contributed by atoms with Gasteiger partial charge in [-0.05, 0) is 37.6 Å². The minimum Gasteiger partial charge on any atom is -0.379 e. The minimum atomic E-state index is -0.769. The highest BCUT2D eigenvalue weighted by molar-refractivity contribution is 6.31. The number of hydrogen-bond donors (Lipinski definition) is 1. The highest BCUT2D eigenvalue weighted by atomic mass is 35.5. The molecule has 4 heteroatoms. The minimum absolute atomic E-state index is 0.312. The maximum atomic E-state index is 13.0. The molecule has 15 heavy (non-hydrogen) atoms. The van der Waals surface area contributed by atoms with E-state index in [1.165, 1.54) is 18.2 Å². The van der Waals surface area contributed by atoms with Gasteiger partial charge in [0, 0.05) is 11.6 Å². The highest BCUT2D eigenvalue weighted by Crippen LogP contribution is 2.27. The van der Waals surface area contributed by atoms with Gasteiger partial charge in [0.25, 0.3) is 0 Å². The standard InChI is InChI=1S/C11H15ClFNO/c1-3-15-7-11(2,14)9-6-8(13)4-5-10(9)12/h4-6H,3,7,14H2,1-2H3. The van der Waals surface area contributed by atoms with Gasteiger partial charge >= 0.3 is 0 Å².